The fourth-order valence-electron chi connectivity index (χ4n) is 2.07. The van der Waals surface area contributed by atoms with Gasteiger partial charge in [0.15, 0.2) is 5.11 Å². The number of amides is 1. The lowest BCUT2D eigenvalue weighted by Gasteiger charge is -2.13. The Hall–Kier alpha value is -2.80. The molecule has 0 saturated carbocycles. The zero-order valence-electron chi connectivity index (χ0n) is 14.5. The summed E-state index contributed by atoms with van der Waals surface area (Å²) in [6, 6.07) is 13.3. The first-order valence-corrected chi connectivity index (χ1v) is 8.20. The number of aryl methyl sites for hydroxylation is 2. The van der Waals surface area contributed by atoms with E-state index in [0.717, 1.165) is 17.1 Å². The summed E-state index contributed by atoms with van der Waals surface area (Å²) in [6.07, 6.45) is 0. The third kappa shape index (κ3) is 5.96. The van der Waals surface area contributed by atoms with Crippen LogP contribution in [0.1, 0.15) is 11.1 Å². The topological polar surface area (TPSA) is 74.4 Å². The van der Waals surface area contributed by atoms with E-state index in [2.05, 4.69) is 21.5 Å². The molecule has 0 aliphatic carbocycles. The van der Waals surface area contributed by atoms with Gasteiger partial charge in [0.1, 0.15) is 5.75 Å². The number of carbonyl (C=O) groups is 1. The van der Waals surface area contributed by atoms with E-state index in [1.807, 2.05) is 56.3 Å². The van der Waals surface area contributed by atoms with E-state index in [-0.39, 0.29) is 12.5 Å². The molecule has 0 bridgehead atoms. The van der Waals surface area contributed by atoms with Gasteiger partial charge in [0.25, 0.3) is 5.91 Å². The third-order valence-corrected chi connectivity index (χ3v) is 3.81. The summed E-state index contributed by atoms with van der Waals surface area (Å²) in [4.78, 5) is 11.9. The van der Waals surface area contributed by atoms with Gasteiger partial charge in [0, 0.05) is 17.4 Å². The van der Waals surface area contributed by atoms with Crippen LogP contribution >= 0.6 is 12.2 Å². The molecule has 2 aromatic carbocycles. The van der Waals surface area contributed by atoms with Crippen LogP contribution in [0.15, 0.2) is 42.5 Å². The molecule has 0 aromatic heterocycles. The van der Waals surface area contributed by atoms with Gasteiger partial charge < -0.3 is 15.4 Å². The van der Waals surface area contributed by atoms with E-state index in [0.29, 0.717) is 5.11 Å². The lowest BCUT2D eigenvalue weighted by Crippen LogP contribution is -2.45. The van der Waals surface area contributed by atoms with Gasteiger partial charge in [-0.3, -0.25) is 15.6 Å². The Morgan fingerprint density at radius 2 is 1.84 bits per heavy atom. The molecule has 25 heavy (non-hydrogen) atoms. The minimum Gasteiger partial charge on any atom is -0.497 e. The van der Waals surface area contributed by atoms with Crippen molar-refractivity contribution >= 4 is 34.6 Å². The number of nitrogens with one attached hydrogen (secondary N) is 4. The Bertz CT molecular complexity index is 764. The molecular weight excluding hydrogens is 336 g/mol. The minimum absolute atomic E-state index is 0.104. The molecule has 0 spiro atoms. The van der Waals surface area contributed by atoms with Crippen molar-refractivity contribution in [2.45, 2.75) is 13.8 Å². The van der Waals surface area contributed by atoms with Crippen molar-refractivity contribution in [3.05, 3.63) is 53.6 Å². The van der Waals surface area contributed by atoms with Crippen LogP contribution in [0.3, 0.4) is 0 Å². The van der Waals surface area contributed by atoms with Gasteiger partial charge in [-0.1, -0.05) is 12.1 Å². The number of anilines is 2. The molecular formula is C18H22N4O2S. The number of methoxy groups -OCH3 is 1. The van der Waals surface area contributed by atoms with Crippen molar-refractivity contribution in [1.82, 2.24) is 10.9 Å². The highest BCUT2D eigenvalue weighted by atomic mass is 32.1. The monoisotopic (exact) mass is 358 g/mol. The second-order valence-corrected chi connectivity index (χ2v) is 5.92. The number of hydrogen-bond acceptors (Lipinski definition) is 4. The van der Waals surface area contributed by atoms with Crippen molar-refractivity contribution in [3.63, 3.8) is 0 Å². The molecule has 0 aliphatic rings. The normalized spacial score (nSPS) is 9.88. The van der Waals surface area contributed by atoms with Crippen LogP contribution in [0.25, 0.3) is 0 Å². The summed E-state index contributed by atoms with van der Waals surface area (Å²) in [5, 5.41) is 6.35. The van der Waals surface area contributed by atoms with Crippen LogP contribution in [0.4, 0.5) is 11.4 Å². The van der Waals surface area contributed by atoms with Gasteiger partial charge in [-0.15, -0.1) is 0 Å². The summed E-state index contributed by atoms with van der Waals surface area (Å²) in [7, 11) is 1.60. The summed E-state index contributed by atoms with van der Waals surface area (Å²) >= 11 is 5.17. The van der Waals surface area contributed by atoms with Crippen molar-refractivity contribution in [2.75, 3.05) is 24.3 Å². The van der Waals surface area contributed by atoms with Gasteiger partial charge in [0.05, 0.1) is 13.7 Å². The molecule has 0 aliphatic heterocycles. The second-order valence-electron chi connectivity index (χ2n) is 5.51. The van der Waals surface area contributed by atoms with E-state index < -0.39 is 0 Å². The predicted octanol–water partition coefficient (Wildman–Crippen LogP) is 2.74. The van der Waals surface area contributed by atoms with E-state index in [9.17, 15) is 4.79 Å². The van der Waals surface area contributed by atoms with Gasteiger partial charge in [-0.25, -0.2) is 0 Å². The average Bonchev–Trinajstić information content (AvgIpc) is 2.61. The molecule has 0 radical (unpaired) electrons. The highest BCUT2D eigenvalue weighted by Crippen LogP contribution is 2.16. The average molecular weight is 358 g/mol. The highest BCUT2D eigenvalue weighted by molar-refractivity contribution is 7.80. The number of hydrogen-bond donors (Lipinski definition) is 4. The molecule has 0 saturated heterocycles. The maximum Gasteiger partial charge on any atom is 0.257 e. The lowest BCUT2D eigenvalue weighted by atomic mass is 10.1. The smallest absolute Gasteiger partial charge is 0.257 e. The van der Waals surface area contributed by atoms with Crippen LogP contribution in [0.2, 0.25) is 0 Å². The van der Waals surface area contributed by atoms with Crippen LogP contribution in [-0.4, -0.2) is 24.7 Å². The summed E-state index contributed by atoms with van der Waals surface area (Å²) in [5.41, 5.74) is 9.26. The van der Waals surface area contributed by atoms with E-state index in [4.69, 9.17) is 17.0 Å². The molecule has 2 rings (SSSR count). The molecule has 132 valence electrons. The molecule has 4 N–H and O–H groups in total. The highest BCUT2D eigenvalue weighted by Gasteiger charge is 2.04. The quantitative estimate of drug-likeness (QED) is 0.487. The van der Waals surface area contributed by atoms with Gasteiger partial charge in [0.2, 0.25) is 0 Å². The third-order valence-electron chi connectivity index (χ3n) is 3.60. The summed E-state index contributed by atoms with van der Waals surface area (Å²) in [5.74, 6) is 0.481. The van der Waals surface area contributed by atoms with Crippen molar-refractivity contribution < 1.29 is 9.53 Å². The van der Waals surface area contributed by atoms with Gasteiger partial charge in [-0.2, -0.15) is 0 Å². The number of thiocarbonyl (C=S) groups is 1. The molecule has 0 fully saturated rings. The Morgan fingerprint density at radius 1 is 1.04 bits per heavy atom. The van der Waals surface area contributed by atoms with Crippen LogP contribution < -0.4 is 26.2 Å². The standard InChI is InChI=1S/C18H22N4O2S/c1-12-7-8-15(9-13(12)2)20-18(25)22-21-17(23)11-19-14-5-4-6-16(10-14)24-3/h4-10,19H,11H2,1-3H3,(H,21,23)(H2,20,22,25). The number of hydrazine groups is 1. The number of carbonyl (C=O) groups excluding carboxylic acids is 1. The van der Waals surface area contributed by atoms with E-state index in [1.54, 1.807) is 7.11 Å². The fourth-order valence-corrected chi connectivity index (χ4v) is 2.24. The molecule has 2 aromatic rings. The van der Waals surface area contributed by atoms with E-state index in [1.165, 1.54) is 11.1 Å². The van der Waals surface area contributed by atoms with Crippen LogP contribution in [0.5, 0.6) is 5.75 Å². The maximum atomic E-state index is 11.9. The predicted molar refractivity (Wildman–Crippen MR) is 105 cm³/mol. The Labute approximate surface area is 152 Å². The van der Waals surface area contributed by atoms with Crippen molar-refractivity contribution in [2.24, 2.45) is 0 Å². The second kappa shape index (κ2) is 8.89. The SMILES string of the molecule is COc1cccc(NCC(=O)NNC(=S)Nc2ccc(C)c(C)c2)c1. The molecule has 0 unspecified atom stereocenters. The first-order chi connectivity index (χ1) is 12.0. The number of benzene rings is 2. The largest absolute Gasteiger partial charge is 0.497 e. The van der Waals surface area contributed by atoms with Crippen LogP contribution in [0, 0.1) is 13.8 Å². The molecule has 0 atom stereocenters. The molecule has 0 heterocycles. The zero-order chi connectivity index (χ0) is 18.2. The summed E-state index contributed by atoms with van der Waals surface area (Å²) < 4.78 is 5.13. The van der Waals surface area contributed by atoms with Gasteiger partial charge >= 0.3 is 0 Å². The Kier molecular flexibility index (Phi) is 6.59. The van der Waals surface area contributed by atoms with Crippen molar-refractivity contribution in [3.8, 4) is 5.75 Å². The molecule has 6 nitrogen and oxygen atoms in total. The molecule has 7 heteroatoms. The number of rotatable bonds is 5. The van der Waals surface area contributed by atoms with Gasteiger partial charge in [-0.05, 0) is 61.5 Å². The first-order valence-electron chi connectivity index (χ1n) is 7.79. The Balaban J connectivity index is 1.75. The fraction of sp³-hybridized carbons (Fsp3) is 0.222. The zero-order valence-corrected chi connectivity index (χ0v) is 15.3. The maximum absolute atomic E-state index is 11.9. The Morgan fingerprint density at radius 3 is 2.56 bits per heavy atom. The lowest BCUT2D eigenvalue weighted by molar-refractivity contribution is -0.119. The van der Waals surface area contributed by atoms with Crippen molar-refractivity contribution in [1.29, 1.82) is 0 Å². The number of ether oxygens (including phenoxy) is 1. The first kappa shape index (κ1) is 18.5. The summed E-state index contributed by atoms with van der Waals surface area (Å²) in [6.45, 7) is 4.18. The van der Waals surface area contributed by atoms with E-state index >= 15 is 0 Å². The molecule has 1 amide bonds. The van der Waals surface area contributed by atoms with Crippen LogP contribution in [-0.2, 0) is 4.79 Å². The minimum atomic E-state index is -0.243.